The van der Waals surface area contributed by atoms with Crippen molar-refractivity contribution in [1.82, 2.24) is 5.16 Å². The Bertz CT molecular complexity index is 468. The van der Waals surface area contributed by atoms with E-state index < -0.39 is 0 Å². The van der Waals surface area contributed by atoms with Crippen LogP contribution < -0.4 is 4.90 Å². The Morgan fingerprint density at radius 2 is 2.06 bits per heavy atom. The summed E-state index contributed by atoms with van der Waals surface area (Å²) in [6.45, 7) is 3.58. The minimum atomic E-state index is 0.196. The molecule has 0 aliphatic carbocycles. The Morgan fingerprint density at radius 1 is 1.28 bits per heavy atom. The molecular weight excluding hydrogens is 228 g/mol. The predicted molar refractivity (Wildman–Crippen MR) is 70.4 cm³/mol. The molecule has 0 unspecified atom stereocenters. The van der Waals surface area contributed by atoms with Crippen molar-refractivity contribution in [2.45, 2.75) is 19.9 Å². The van der Waals surface area contributed by atoms with E-state index in [4.69, 9.17) is 9.63 Å². The number of aryl methyl sites for hydroxylation is 1. The van der Waals surface area contributed by atoms with Gasteiger partial charge in [0, 0.05) is 24.9 Å². The van der Waals surface area contributed by atoms with E-state index in [1.807, 2.05) is 31.2 Å². The molecule has 1 N–H and O–H groups in total. The number of hydrogen-bond acceptors (Lipinski definition) is 4. The van der Waals surface area contributed by atoms with Gasteiger partial charge in [0.25, 0.3) is 0 Å². The maximum absolute atomic E-state index is 8.97. The van der Waals surface area contributed by atoms with Crippen LogP contribution in [0, 0.1) is 6.92 Å². The number of nitrogens with zero attached hydrogens (tertiary/aromatic N) is 2. The van der Waals surface area contributed by atoms with E-state index in [2.05, 4.69) is 22.2 Å². The van der Waals surface area contributed by atoms with Crippen molar-refractivity contribution in [2.75, 3.05) is 18.1 Å². The topological polar surface area (TPSA) is 49.5 Å². The van der Waals surface area contributed by atoms with Crippen molar-refractivity contribution in [1.29, 1.82) is 0 Å². The molecule has 0 saturated carbocycles. The number of benzene rings is 1. The maximum Gasteiger partial charge on any atom is 0.133 e. The molecule has 0 radical (unpaired) electrons. The Kier molecular flexibility index (Phi) is 4.36. The van der Waals surface area contributed by atoms with Crippen molar-refractivity contribution >= 4 is 5.69 Å². The molecule has 0 amide bonds. The summed E-state index contributed by atoms with van der Waals surface area (Å²) < 4.78 is 5.08. The van der Waals surface area contributed by atoms with Gasteiger partial charge < -0.3 is 14.5 Å². The highest BCUT2D eigenvalue weighted by Crippen LogP contribution is 2.17. The van der Waals surface area contributed by atoms with E-state index in [0.29, 0.717) is 6.54 Å². The molecule has 0 spiro atoms. The van der Waals surface area contributed by atoms with Gasteiger partial charge in [-0.05, 0) is 25.5 Å². The van der Waals surface area contributed by atoms with Gasteiger partial charge in [0.05, 0.1) is 6.54 Å². The van der Waals surface area contributed by atoms with Crippen LogP contribution in [0.1, 0.15) is 17.9 Å². The molecule has 0 atom stereocenters. The molecule has 1 aromatic carbocycles. The lowest BCUT2D eigenvalue weighted by Gasteiger charge is -2.23. The van der Waals surface area contributed by atoms with Crippen LogP contribution in [0.3, 0.4) is 0 Å². The summed E-state index contributed by atoms with van der Waals surface area (Å²) in [6.07, 6.45) is 0.742. The molecule has 0 aliphatic heterocycles. The SMILES string of the molecule is Cc1cc(CN(CCCO)c2ccccc2)no1. The third kappa shape index (κ3) is 3.34. The first-order chi connectivity index (χ1) is 8.79. The molecule has 0 fully saturated rings. The predicted octanol–water partition coefficient (Wildman–Crippen LogP) is 2.37. The van der Waals surface area contributed by atoms with Gasteiger partial charge in [-0.1, -0.05) is 23.4 Å². The Hall–Kier alpha value is -1.81. The first-order valence-corrected chi connectivity index (χ1v) is 6.12. The van der Waals surface area contributed by atoms with Gasteiger partial charge >= 0.3 is 0 Å². The van der Waals surface area contributed by atoms with Crippen LogP contribution >= 0.6 is 0 Å². The number of hydrogen-bond donors (Lipinski definition) is 1. The first-order valence-electron chi connectivity index (χ1n) is 6.12. The molecule has 0 aliphatic rings. The fraction of sp³-hybridized carbons (Fsp3) is 0.357. The zero-order valence-electron chi connectivity index (χ0n) is 10.5. The smallest absolute Gasteiger partial charge is 0.133 e. The average molecular weight is 246 g/mol. The van der Waals surface area contributed by atoms with Gasteiger partial charge in [-0.3, -0.25) is 0 Å². The van der Waals surface area contributed by atoms with Crippen LogP contribution in [0.15, 0.2) is 40.9 Å². The highest BCUT2D eigenvalue weighted by molar-refractivity contribution is 5.46. The van der Waals surface area contributed by atoms with Gasteiger partial charge in [0.15, 0.2) is 0 Å². The summed E-state index contributed by atoms with van der Waals surface area (Å²) in [4.78, 5) is 2.19. The van der Waals surface area contributed by atoms with Crippen molar-refractivity contribution in [3.8, 4) is 0 Å². The van der Waals surface area contributed by atoms with Crippen molar-refractivity contribution in [3.63, 3.8) is 0 Å². The molecule has 2 aromatic rings. The Balaban J connectivity index is 2.10. The molecule has 1 aromatic heterocycles. The molecular formula is C14H18N2O2. The second-order valence-electron chi connectivity index (χ2n) is 4.26. The lowest BCUT2D eigenvalue weighted by Crippen LogP contribution is -2.24. The van der Waals surface area contributed by atoms with Crippen molar-refractivity contribution in [2.24, 2.45) is 0 Å². The van der Waals surface area contributed by atoms with E-state index in [1.165, 1.54) is 0 Å². The van der Waals surface area contributed by atoms with E-state index in [0.717, 1.165) is 30.1 Å². The molecule has 4 heteroatoms. The third-order valence-corrected chi connectivity index (χ3v) is 2.74. The van der Waals surface area contributed by atoms with E-state index in [1.54, 1.807) is 0 Å². The van der Waals surface area contributed by atoms with Gasteiger partial charge in [-0.15, -0.1) is 0 Å². The van der Waals surface area contributed by atoms with Gasteiger partial charge in [-0.2, -0.15) is 0 Å². The molecule has 96 valence electrons. The molecule has 1 heterocycles. The summed E-state index contributed by atoms with van der Waals surface area (Å²) in [6, 6.07) is 12.1. The van der Waals surface area contributed by atoms with Crippen LogP contribution in [0.4, 0.5) is 5.69 Å². The highest BCUT2D eigenvalue weighted by Gasteiger charge is 2.09. The lowest BCUT2D eigenvalue weighted by molar-refractivity contribution is 0.289. The minimum Gasteiger partial charge on any atom is -0.396 e. The summed E-state index contributed by atoms with van der Waals surface area (Å²) >= 11 is 0. The molecule has 0 bridgehead atoms. The number of aliphatic hydroxyl groups is 1. The zero-order chi connectivity index (χ0) is 12.8. The van der Waals surface area contributed by atoms with Crippen LogP contribution in [0.5, 0.6) is 0 Å². The first kappa shape index (κ1) is 12.6. The summed E-state index contributed by atoms with van der Waals surface area (Å²) in [5, 5.41) is 13.0. The van der Waals surface area contributed by atoms with Crippen molar-refractivity contribution < 1.29 is 9.63 Å². The highest BCUT2D eigenvalue weighted by atomic mass is 16.5. The van der Waals surface area contributed by atoms with Crippen LogP contribution in [0.2, 0.25) is 0 Å². The Morgan fingerprint density at radius 3 is 2.67 bits per heavy atom. The number of rotatable bonds is 6. The lowest BCUT2D eigenvalue weighted by atomic mass is 10.2. The van der Waals surface area contributed by atoms with Gasteiger partial charge in [0.1, 0.15) is 11.5 Å². The van der Waals surface area contributed by atoms with Crippen LogP contribution in [-0.4, -0.2) is 23.4 Å². The molecule has 0 saturated heterocycles. The van der Waals surface area contributed by atoms with E-state index >= 15 is 0 Å². The quantitative estimate of drug-likeness (QED) is 0.850. The number of aromatic nitrogens is 1. The van der Waals surface area contributed by atoms with E-state index in [9.17, 15) is 0 Å². The number of anilines is 1. The summed E-state index contributed by atoms with van der Waals surface area (Å²) in [5.74, 6) is 0.820. The monoisotopic (exact) mass is 246 g/mol. The maximum atomic E-state index is 8.97. The minimum absolute atomic E-state index is 0.196. The van der Waals surface area contributed by atoms with Crippen LogP contribution in [-0.2, 0) is 6.54 Å². The summed E-state index contributed by atoms with van der Waals surface area (Å²) in [7, 11) is 0. The second kappa shape index (κ2) is 6.21. The standard InChI is InChI=1S/C14H18N2O2/c1-12-10-13(15-18-12)11-16(8-5-9-17)14-6-3-2-4-7-14/h2-4,6-7,10,17H,5,8-9,11H2,1H3. The third-order valence-electron chi connectivity index (χ3n) is 2.74. The Labute approximate surface area is 107 Å². The average Bonchev–Trinajstić information content (AvgIpc) is 2.81. The van der Waals surface area contributed by atoms with Gasteiger partial charge in [0.2, 0.25) is 0 Å². The molecule has 2 rings (SSSR count). The fourth-order valence-electron chi connectivity index (χ4n) is 1.89. The number of aliphatic hydroxyl groups excluding tert-OH is 1. The van der Waals surface area contributed by atoms with Gasteiger partial charge in [-0.25, -0.2) is 0 Å². The van der Waals surface area contributed by atoms with E-state index in [-0.39, 0.29) is 6.61 Å². The normalized spacial score (nSPS) is 10.6. The van der Waals surface area contributed by atoms with Crippen molar-refractivity contribution in [3.05, 3.63) is 47.9 Å². The molecule has 18 heavy (non-hydrogen) atoms. The fourth-order valence-corrected chi connectivity index (χ4v) is 1.89. The second-order valence-corrected chi connectivity index (χ2v) is 4.26. The summed E-state index contributed by atoms with van der Waals surface area (Å²) in [5.41, 5.74) is 2.04. The number of para-hydroxylation sites is 1. The molecule has 4 nitrogen and oxygen atoms in total. The zero-order valence-corrected chi connectivity index (χ0v) is 10.5. The van der Waals surface area contributed by atoms with Crippen LogP contribution in [0.25, 0.3) is 0 Å². The largest absolute Gasteiger partial charge is 0.396 e.